The zero-order chi connectivity index (χ0) is 20.6. The first kappa shape index (κ1) is 21.3. The number of rotatable bonds is 9. The molecule has 1 aliphatic heterocycles. The second-order valence-corrected chi connectivity index (χ2v) is 7.99. The molecule has 29 heavy (non-hydrogen) atoms. The maximum Gasteiger partial charge on any atom is 0.176 e. The Labute approximate surface area is 183 Å². The number of ether oxygens (including phenoxy) is 1. The Kier molecular flexibility index (Phi) is 7.66. The van der Waals surface area contributed by atoms with Crippen molar-refractivity contribution in [2.24, 2.45) is 5.73 Å². The minimum Gasteiger partial charge on any atom is -0.494 e. The van der Waals surface area contributed by atoms with E-state index in [2.05, 4.69) is 46.3 Å². The van der Waals surface area contributed by atoms with Gasteiger partial charge in [0.2, 0.25) is 0 Å². The quantitative estimate of drug-likeness (QED) is 0.456. The summed E-state index contributed by atoms with van der Waals surface area (Å²) in [6.45, 7) is 5.74. The predicted octanol–water partition coefficient (Wildman–Crippen LogP) is 4.31. The van der Waals surface area contributed by atoms with Crippen LogP contribution in [0.15, 0.2) is 48.5 Å². The number of thiocarbonyl (C=S) groups is 2. The van der Waals surface area contributed by atoms with Gasteiger partial charge in [-0.15, -0.1) is 0 Å². The molecule has 3 rings (SSSR count). The van der Waals surface area contributed by atoms with E-state index in [1.165, 1.54) is 11.3 Å². The highest BCUT2D eigenvalue weighted by atomic mass is 32.1. The molecule has 7 heteroatoms. The van der Waals surface area contributed by atoms with Gasteiger partial charge in [-0.3, -0.25) is 0 Å². The van der Waals surface area contributed by atoms with Gasteiger partial charge in [-0.05, 0) is 74.9 Å². The van der Waals surface area contributed by atoms with Crippen LogP contribution in [0, 0.1) is 6.92 Å². The number of hydrogen-bond donors (Lipinski definition) is 2. The average molecular weight is 429 g/mol. The van der Waals surface area contributed by atoms with Crippen LogP contribution in [0.1, 0.15) is 24.8 Å². The summed E-state index contributed by atoms with van der Waals surface area (Å²) < 4.78 is 5.83. The Balaban J connectivity index is 1.34. The minimum absolute atomic E-state index is 0.253. The second kappa shape index (κ2) is 10.4. The Morgan fingerprint density at radius 2 is 1.90 bits per heavy atom. The lowest BCUT2D eigenvalue weighted by Gasteiger charge is -2.22. The van der Waals surface area contributed by atoms with E-state index >= 15 is 0 Å². The molecule has 1 fully saturated rings. The fraction of sp³-hybridized carbons (Fsp3) is 0.364. The van der Waals surface area contributed by atoms with Crippen LogP contribution < -0.4 is 20.7 Å². The Hall–Kier alpha value is -2.38. The first-order valence-electron chi connectivity index (χ1n) is 9.95. The molecule has 0 atom stereocenters. The van der Waals surface area contributed by atoms with E-state index in [1.54, 1.807) is 0 Å². The summed E-state index contributed by atoms with van der Waals surface area (Å²) in [5.41, 5.74) is 8.80. The van der Waals surface area contributed by atoms with Crippen molar-refractivity contribution >= 4 is 46.0 Å². The Morgan fingerprint density at radius 1 is 1.10 bits per heavy atom. The molecule has 2 aromatic carbocycles. The molecule has 3 N–H and O–H groups in total. The van der Waals surface area contributed by atoms with E-state index in [1.807, 2.05) is 24.3 Å². The first-order chi connectivity index (χ1) is 14.0. The van der Waals surface area contributed by atoms with Crippen LogP contribution in [0.3, 0.4) is 0 Å². The second-order valence-electron chi connectivity index (χ2n) is 7.18. The lowest BCUT2D eigenvalue weighted by atomic mass is 10.2. The van der Waals surface area contributed by atoms with Crippen LogP contribution >= 0.6 is 24.4 Å². The van der Waals surface area contributed by atoms with Crippen molar-refractivity contribution in [1.29, 1.82) is 0 Å². The fourth-order valence-corrected chi connectivity index (χ4v) is 3.83. The molecule has 0 bridgehead atoms. The van der Waals surface area contributed by atoms with Crippen LogP contribution in [0.5, 0.6) is 5.75 Å². The first-order valence-corrected chi connectivity index (χ1v) is 10.8. The van der Waals surface area contributed by atoms with Gasteiger partial charge in [-0.25, -0.2) is 0 Å². The predicted molar refractivity (Wildman–Crippen MR) is 129 cm³/mol. The van der Waals surface area contributed by atoms with Crippen LogP contribution in [0.25, 0.3) is 0 Å². The van der Waals surface area contributed by atoms with Crippen molar-refractivity contribution in [3.8, 4) is 5.75 Å². The Bertz CT molecular complexity index is 841. The standard InChI is InChI=1S/C22H28N4OS2/c1-17-8-10-19(11-9-17)26-14-13-25(22(26)29)12-3-2-4-15-27-20-7-5-6-18(16-20)24-21(23)28/h5-11,16H,2-4,12-15H2,1H3,(H3,23,24,28). The zero-order valence-corrected chi connectivity index (χ0v) is 18.4. The third kappa shape index (κ3) is 6.30. The number of anilines is 2. The molecule has 0 radical (unpaired) electrons. The molecule has 154 valence electrons. The van der Waals surface area contributed by atoms with Gasteiger partial charge in [0, 0.05) is 37.1 Å². The molecule has 0 spiro atoms. The third-order valence-electron chi connectivity index (χ3n) is 4.88. The summed E-state index contributed by atoms with van der Waals surface area (Å²) in [4.78, 5) is 4.53. The van der Waals surface area contributed by atoms with Gasteiger partial charge in [-0.1, -0.05) is 23.8 Å². The van der Waals surface area contributed by atoms with E-state index in [4.69, 9.17) is 34.9 Å². The number of aryl methyl sites for hydroxylation is 1. The normalized spacial score (nSPS) is 13.6. The van der Waals surface area contributed by atoms with Crippen molar-refractivity contribution in [3.05, 3.63) is 54.1 Å². The number of nitrogens with one attached hydrogen (secondary N) is 1. The number of unbranched alkanes of at least 4 members (excludes halogenated alkanes) is 2. The third-order valence-corrected chi connectivity index (χ3v) is 5.46. The highest BCUT2D eigenvalue weighted by Gasteiger charge is 2.25. The summed E-state index contributed by atoms with van der Waals surface area (Å²) in [5, 5.41) is 4.11. The molecule has 0 aliphatic carbocycles. The molecular formula is C22H28N4OS2. The molecule has 0 unspecified atom stereocenters. The number of nitrogens with two attached hydrogens (primary N) is 1. The van der Waals surface area contributed by atoms with Crippen molar-refractivity contribution in [2.75, 3.05) is 36.5 Å². The molecule has 1 aliphatic rings. The maximum absolute atomic E-state index is 5.83. The van der Waals surface area contributed by atoms with Crippen molar-refractivity contribution in [1.82, 2.24) is 4.90 Å². The van der Waals surface area contributed by atoms with Gasteiger partial charge >= 0.3 is 0 Å². The Morgan fingerprint density at radius 3 is 2.66 bits per heavy atom. The molecule has 1 saturated heterocycles. The highest BCUT2D eigenvalue weighted by Crippen LogP contribution is 2.21. The smallest absolute Gasteiger partial charge is 0.176 e. The molecule has 0 aromatic heterocycles. The maximum atomic E-state index is 5.83. The molecule has 0 amide bonds. The summed E-state index contributed by atoms with van der Waals surface area (Å²) >= 11 is 10.5. The number of benzene rings is 2. The summed E-state index contributed by atoms with van der Waals surface area (Å²) in [5.74, 6) is 0.820. The van der Waals surface area contributed by atoms with Crippen molar-refractivity contribution in [2.45, 2.75) is 26.2 Å². The number of hydrogen-bond acceptors (Lipinski definition) is 3. The summed E-state index contributed by atoms with van der Waals surface area (Å²) in [6, 6.07) is 16.2. The molecule has 5 nitrogen and oxygen atoms in total. The zero-order valence-electron chi connectivity index (χ0n) is 16.8. The van der Waals surface area contributed by atoms with Gasteiger partial charge < -0.3 is 25.6 Å². The minimum atomic E-state index is 0.253. The highest BCUT2D eigenvalue weighted by molar-refractivity contribution is 7.80. The lowest BCUT2D eigenvalue weighted by Crippen LogP contribution is -2.32. The molecule has 0 saturated carbocycles. The molecular weight excluding hydrogens is 400 g/mol. The monoisotopic (exact) mass is 428 g/mol. The van der Waals surface area contributed by atoms with Gasteiger partial charge in [0.15, 0.2) is 10.2 Å². The van der Waals surface area contributed by atoms with Crippen LogP contribution in [-0.4, -0.2) is 41.4 Å². The lowest BCUT2D eigenvalue weighted by molar-refractivity contribution is 0.302. The molecule has 2 aromatic rings. The fourth-order valence-electron chi connectivity index (χ4n) is 3.33. The largest absolute Gasteiger partial charge is 0.494 e. The van der Waals surface area contributed by atoms with Crippen LogP contribution in [0.2, 0.25) is 0 Å². The van der Waals surface area contributed by atoms with E-state index in [9.17, 15) is 0 Å². The molecule has 1 heterocycles. The topological polar surface area (TPSA) is 53.8 Å². The summed E-state index contributed by atoms with van der Waals surface area (Å²) in [7, 11) is 0. The van der Waals surface area contributed by atoms with Crippen LogP contribution in [0.4, 0.5) is 11.4 Å². The van der Waals surface area contributed by atoms with Crippen molar-refractivity contribution < 1.29 is 4.74 Å². The average Bonchev–Trinajstić information content (AvgIpc) is 3.05. The van der Waals surface area contributed by atoms with E-state index in [0.29, 0.717) is 6.61 Å². The van der Waals surface area contributed by atoms with Crippen LogP contribution in [-0.2, 0) is 0 Å². The van der Waals surface area contributed by atoms with E-state index in [-0.39, 0.29) is 5.11 Å². The SMILES string of the molecule is Cc1ccc(N2CCN(CCCCCOc3cccc(NC(N)=S)c3)C2=S)cc1. The van der Waals surface area contributed by atoms with E-state index in [0.717, 1.165) is 55.4 Å². The van der Waals surface area contributed by atoms with Gasteiger partial charge in [0.25, 0.3) is 0 Å². The number of nitrogens with zero attached hydrogens (tertiary/aromatic N) is 2. The van der Waals surface area contributed by atoms with Gasteiger partial charge in [0.05, 0.1) is 6.61 Å². The van der Waals surface area contributed by atoms with Crippen molar-refractivity contribution in [3.63, 3.8) is 0 Å². The van der Waals surface area contributed by atoms with Gasteiger partial charge in [-0.2, -0.15) is 0 Å². The van der Waals surface area contributed by atoms with E-state index < -0.39 is 0 Å². The summed E-state index contributed by atoms with van der Waals surface area (Å²) in [6.07, 6.45) is 3.22. The van der Waals surface area contributed by atoms with Gasteiger partial charge in [0.1, 0.15) is 5.75 Å².